The highest BCUT2D eigenvalue weighted by Crippen LogP contribution is 2.43. The average molecular weight is 397 g/mol. The van der Waals surface area contributed by atoms with Crippen molar-refractivity contribution in [2.75, 3.05) is 38.1 Å². The van der Waals surface area contributed by atoms with Crippen LogP contribution in [0.5, 0.6) is 0 Å². The topological polar surface area (TPSA) is 64.8 Å². The summed E-state index contributed by atoms with van der Waals surface area (Å²) in [7, 11) is -3.41. The van der Waals surface area contributed by atoms with Gasteiger partial charge in [-0.2, -0.15) is 0 Å². The number of benzene rings is 1. The average Bonchev–Trinajstić information content (AvgIpc) is 2.54. The lowest BCUT2D eigenvalue weighted by atomic mass is 9.96. The molecule has 0 aliphatic carbocycles. The van der Waals surface area contributed by atoms with Crippen LogP contribution < -0.4 is 5.50 Å². The first kappa shape index (κ1) is 21.9. The third kappa shape index (κ3) is 8.30. The van der Waals surface area contributed by atoms with E-state index in [2.05, 4.69) is 0 Å². The monoisotopic (exact) mass is 396 g/mol. The van der Waals surface area contributed by atoms with Gasteiger partial charge in [0.05, 0.1) is 19.8 Å². The Bertz CT molecular complexity index is 511. The molecule has 0 aliphatic heterocycles. The zero-order valence-corrected chi connectivity index (χ0v) is 16.7. The van der Waals surface area contributed by atoms with E-state index in [1.807, 2.05) is 44.2 Å². The molecular formula is C16H27Cl2N2O3P. The van der Waals surface area contributed by atoms with Crippen molar-refractivity contribution in [2.45, 2.75) is 20.5 Å². The van der Waals surface area contributed by atoms with E-state index < -0.39 is 7.67 Å². The van der Waals surface area contributed by atoms with Gasteiger partial charge in [0.1, 0.15) is 0 Å². The van der Waals surface area contributed by atoms with Crippen LogP contribution in [0.3, 0.4) is 0 Å². The van der Waals surface area contributed by atoms with Crippen molar-refractivity contribution in [3.05, 3.63) is 35.9 Å². The van der Waals surface area contributed by atoms with Gasteiger partial charge in [-0.15, -0.1) is 23.2 Å². The number of rotatable bonds is 12. The van der Waals surface area contributed by atoms with E-state index in [4.69, 9.17) is 38.0 Å². The number of hydrogen-bond acceptors (Lipinski definition) is 3. The predicted octanol–water partition coefficient (Wildman–Crippen LogP) is 4.09. The molecule has 1 rings (SSSR count). The third-order valence-electron chi connectivity index (χ3n) is 3.32. The molecule has 8 heteroatoms. The summed E-state index contributed by atoms with van der Waals surface area (Å²) < 4.78 is 25.3. The van der Waals surface area contributed by atoms with Crippen LogP contribution in [0.15, 0.2) is 30.3 Å². The fourth-order valence-electron chi connectivity index (χ4n) is 2.00. The summed E-state index contributed by atoms with van der Waals surface area (Å²) in [4.78, 5) is 0. The Morgan fingerprint density at radius 3 is 2.25 bits per heavy atom. The Labute approximate surface area is 155 Å². The number of nitrogens with two attached hydrogens (primary N) is 1. The van der Waals surface area contributed by atoms with Crippen LogP contribution in [0.1, 0.15) is 19.4 Å². The van der Waals surface area contributed by atoms with Gasteiger partial charge in [0.2, 0.25) is 0 Å². The zero-order valence-electron chi connectivity index (χ0n) is 14.3. The molecule has 0 amide bonds. The summed E-state index contributed by atoms with van der Waals surface area (Å²) in [5.41, 5.74) is 6.64. The summed E-state index contributed by atoms with van der Waals surface area (Å²) >= 11 is 11.4. The number of halogens is 2. The van der Waals surface area contributed by atoms with E-state index in [9.17, 15) is 4.57 Å². The SMILES string of the molecule is CC(C)(COCc1ccccc1)COP(N)(=O)N(CCCl)CCCl. The molecule has 1 unspecified atom stereocenters. The van der Waals surface area contributed by atoms with Crippen molar-refractivity contribution < 1.29 is 13.8 Å². The molecular weight excluding hydrogens is 370 g/mol. The number of hydrogen-bond donors (Lipinski definition) is 1. The normalized spacial score (nSPS) is 14.8. The highest BCUT2D eigenvalue weighted by atomic mass is 35.5. The molecule has 138 valence electrons. The quantitative estimate of drug-likeness (QED) is 0.425. The van der Waals surface area contributed by atoms with Gasteiger partial charge in [0.15, 0.2) is 0 Å². The number of nitrogens with zero attached hydrogens (tertiary/aromatic N) is 1. The van der Waals surface area contributed by atoms with Crippen molar-refractivity contribution in [1.82, 2.24) is 4.67 Å². The minimum Gasteiger partial charge on any atom is -0.376 e. The molecule has 1 atom stereocenters. The van der Waals surface area contributed by atoms with Crippen molar-refractivity contribution in [3.63, 3.8) is 0 Å². The molecule has 0 spiro atoms. The van der Waals surface area contributed by atoms with E-state index in [0.717, 1.165) is 5.56 Å². The highest BCUT2D eigenvalue weighted by Gasteiger charge is 2.30. The zero-order chi connectivity index (χ0) is 18.1. The molecule has 0 saturated carbocycles. The first-order chi connectivity index (χ1) is 11.3. The van der Waals surface area contributed by atoms with E-state index in [1.54, 1.807) is 0 Å². The molecule has 0 aromatic heterocycles. The second kappa shape index (κ2) is 10.8. The van der Waals surface area contributed by atoms with Crippen molar-refractivity contribution in [2.24, 2.45) is 10.9 Å². The van der Waals surface area contributed by atoms with Crippen LogP contribution in [0.25, 0.3) is 0 Å². The summed E-state index contributed by atoms with van der Waals surface area (Å²) in [6.07, 6.45) is 0. The molecule has 1 aromatic carbocycles. The molecule has 24 heavy (non-hydrogen) atoms. The molecule has 5 nitrogen and oxygen atoms in total. The lowest BCUT2D eigenvalue weighted by Crippen LogP contribution is -2.32. The van der Waals surface area contributed by atoms with Gasteiger partial charge < -0.3 is 9.26 Å². The van der Waals surface area contributed by atoms with E-state index in [-0.39, 0.29) is 12.0 Å². The minimum atomic E-state index is -3.41. The van der Waals surface area contributed by atoms with Gasteiger partial charge in [-0.3, -0.25) is 4.57 Å². The molecule has 0 radical (unpaired) electrons. The maximum atomic E-state index is 12.6. The largest absolute Gasteiger partial charge is 0.376 e. The standard InChI is InChI=1S/C16H27Cl2N2O3P/c1-16(2,13-22-12-15-6-4-3-5-7-15)14-23-24(19,21)20(10-8-17)11-9-18/h3-7H,8-14H2,1-2H3,(H2,19,21). The first-order valence-corrected chi connectivity index (χ1v) is 10.5. The number of ether oxygens (including phenoxy) is 1. The molecule has 0 bridgehead atoms. The minimum absolute atomic E-state index is 0.219. The van der Waals surface area contributed by atoms with Crippen LogP contribution in [-0.2, 0) is 20.4 Å². The van der Waals surface area contributed by atoms with Gasteiger partial charge in [-0.1, -0.05) is 44.2 Å². The Morgan fingerprint density at radius 2 is 1.71 bits per heavy atom. The molecule has 2 N–H and O–H groups in total. The fraction of sp³-hybridized carbons (Fsp3) is 0.625. The van der Waals surface area contributed by atoms with E-state index >= 15 is 0 Å². The first-order valence-electron chi connectivity index (χ1n) is 7.83. The second-order valence-corrected chi connectivity index (χ2v) is 9.02. The Balaban J connectivity index is 2.46. The van der Waals surface area contributed by atoms with Crippen molar-refractivity contribution in [3.8, 4) is 0 Å². The molecule has 0 fully saturated rings. The highest BCUT2D eigenvalue weighted by molar-refractivity contribution is 7.53. The smallest absolute Gasteiger partial charge is 0.340 e. The van der Waals surface area contributed by atoms with Crippen LogP contribution in [0.4, 0.5) is 0 Å². The molecule has 0 heterocycles. The fourth-order valence-corrected chi connectivity index (χ4v) is 4.09. The van der Waals surface area contributed by atoms with Gasteiger partial charge in [-0.05, 0) is 5.56 Å². The maximum absolute atomic E-state index is 12.6. The van der Waals surface area contributed by atoms with E-state index in [0.29, 0.717) is 38.1 Å². The third-order valence-corrected chi connectivity index (χ3v) is 5.35. The summed E-state index contributed by atoms with van der Waals surface area (Å²) in [5.74, 6) is 0.621. The van der Waals surface area contributed by atoms with Crippen LogP contribution in [0.2, 0.25) is 0 Å². The van der Waals surface area contributed by atoms with E-state index in [1.165, 1.54) is 4.67 Å². The Kier molecular flexibility index (Phi) is 9.83. The van der Waals surface area contributed by atoms with Crippen molar-refractivity contribution >= 4 is 30.9 Å². The van der Waals surface area contributed by atoms with Gasteiger partial charge in [0, 0.05) is 30.3 Å². The predicted molar refractivity (Wildman–Crippen MR) is 101 cm³/mol. The molecule has 0 saturated heterocycles. The van der Waals surface area contributed by atoms with Crippen molar-refractivity contribution in [1.29, 1.82) is 0 Å². The summed E-state index contributed by atoms with van der Waals surface area (Å²) in [5, 5.41) is 0. The number of alkyl halides is 2. The lowest BCUT2D eigenvalue weighted by Gasteiger charge is -2.30. The Morgan fingerprint density at radius 1 is 1.12 bits per heavy atom. The van der Waals surface area contributed by atoms with Gasteiger partial charge in [-0.25, -0.2) is 10.2 Å². The summed E-state index contributed by atoms with van der Waals surface area (Å²) in [6.45, 7) is 5.90. The van der Waals surface area contributed by atoms with Gasteiger partial charge in [0.25, 0.3) is 0 Å². The van der Waals surface area contributed by atoms with Crippen LogP contribution in [0, 0.1) is 5.41 Å². The van der Waals surface area contributed by atoms with Crippen LogP contribution >= 0.6 is 30.9 Å². The second-order valence-electron chi connectivity index (χ2n) is 6.31. The molecule has 0 aliphatic rings. The lowest BCUT2D eigenvalue weighted by molar-refractivity contribution is 0.0244. The van der Waals surface area contributed by atoms with Gasteiger partial charge >= 0.3 is 7.67 Å². The Hall–Kier alpha value is -0.130. The maximum Gasteiger partial charge on any atom is 0.340 e. The molecule has 1 aromatic rings. The van der Waals surface area contributed by atoms with Crippen LogP contribution in [-0.4, -0.2) is 42.7 Å². The summed E-state index contributed by atoms with van der Waals surface area (Å²) in [6, 6.07) is 9.93.